The molecule has 2 N–H and O–H groups in total. The Kier molecular flexibility index (Phi) is 5.54. The van der Waals surface area contributed by atoms with Gasteiger partial charge < -0.3 is 5.73 Å². The predicted octanol–water partition coefficient (Wildman–Crippen LogP) is 5.02. The molecule has 0 radical (unpaired) electrons. The van der Waals surface area contributed by atoms with Crippen LogP contribution in [0.2, 0.25) is 9.36 Å². The summed E-state index contributed by atoms with van der Waals surface area (Å²) in [5.41, 5.74) is 6.23. The third-order valence-electron chi connectivity index (χ3n) is 2.68. The first kappa shape index (κ1) is 15.1. The topological polar surface area (TPSA) is 38.9 Å². The van der Waals surface area contributed by atoms with E-state index in [0.717, 1.165) is 15.8 Å². The number of nitrogens with zero attached hydrogens (tertiary/aromatic N) is 1. The molecule has 0 fully saturated rings. The molecular weight excluding hydrogens is 319 g/mol. The lowest BCUT2D eigenvalue weighted by molar-refractivity contribution is 0.639. The first-order valence-corrected chi connectivity index (χ1v) is 8.34. The van der Waals surface area contributed by atoms with Crippen LogP contribution < -0.4 is 5.73 Å². The predicted molar refractivity (Wildman–Crippen MR) is 85.4 cm³/mol. The summed E-state index contributed by atoms with van der Waals surface area (Å²) in [5, 5.41) is 1.72. The van der Waals surface area contributed by atoms with Crippen LogP contribution in [0.25, 0.3) is 0 Å². The van der Waals surface area contributed by atoms with Crippen molar-refractivity contribution < 1.29 is 0 Å². The zero-order chi connectivity index (χ0) is 13.8. The van der Waals surface area contributed by atoms with Crippen molar-refractivity contribution in [3.8, 4) is 0 Å². The van der Waals surface area contributed by atoms with Crippen LogP contribution in [0.15, 0.2) is 35.5 Å². The lowest BCUT2D eigenvalue weighted by atomic mass is 10.1. The monoisotopic (exact) mass is 332 g/mol. The van der Waals surface area contributed by atoms with Crippen LogP contribution in [0.4, 0.5) is 0 Å². The van der Waals surface area contributed by atoms with Crippen LogP contribution in [0.1, 0.15) is 23.5 Å². The summed E-state index contributed by atoms with van der Waals surface area (Å²) in [6.45, 7) is 2.09. The summed E-state index contributed by atoms with van der Waals surface area (Å²) in [6, 6.07) is 7.77. The molecule has 2 nitrogen and oxygen atoms in total. The molecule has 0 saturated carbocycles. The number of nitrogens with two attached hydrogens (primary N) is 1. The fraction of sp³-hybridized carbons (Fsp3) is 0.308. The molecular formula is C13H14Cl2N2S2. The van der Waals surface area contributed by atoms with E-state index >= 15 is 0 Å². The molecule has 19 heavy (non-hydrogen) atoms. The van der Waals surface area contributed by atoms with Crippen molar-refractivity contribution in [1.29, 1.82) is 0 Å². The minimum atomic E-state index is 0.0668. The number of thiophene rings is 1. The van der Waals surface area contributed by atoms with Gasteiger partial charge in [0.05, 0.1) is 19.6 Å². The Bertz CT molecular complexity index is 528. The van der Waals surface area contributed by atoms with E-state index < -0.39 is 0 Å². The maximum absolute atomic E-state index is 6.23. The van der Waals surface area contributed by atoms with Gasteiger partial charge in [0, 0.05) is 17.1 Å². The number of thioether (sulfide) groups is 1. The molecule has 2 heterocycles. The summed E-state index contributed by atoms with van der Waals surface area (Å²) >= 11 is 15.1. The molecule has 0 saturated heterocycles. The molecule has 2 aromatic rings. The molecule has 6 heteroatoms. The molecule has 2 rings (SSSR count). The van der Waals surface area contributed by atoms with Crippen LogP contribution in [-0.4, -0.2) is 11.0 Å². The summed E-state index contributed by atoms with van der Waals surface area (Å²) in [6.07, 6.45) is 2.56. The van der Waals surface area contributed by atoms with Gasteiger partial charge in [0.2, 0.25) is 0 Å². The SMILES string of the molecule is CCC(N)C(Sc1ccc(Cl)cn1)c1ccc(Cl)s1. The fourth-order valence-electron chi connectivity index (χ4n) is 1.61. The summed E-state index contributed by atoms with van der Waals surface area (Å²) < 4.78 is 0.785. The molecule has 0 aliphatic heterocycles. The van der Waals surface area contributed by atoms with Crippen LogP contribution in [0.3, 0.4) is 0 Å². The largest absolute Gasteiger partial charge is 0.326 e. The van der Waals surface area contributed by atoms with Crippen molar-refractivity contribution >= 4 is 46.3 Å². The maximum Gasteiger partial charge on any atom is 0.0967 e. The van der Waals surface area contributed by atoms with Gasteiger partial charge in [-0.25, -0.2) is 4.98 Å². The quantitative estimate of drug-likeness (QED) is 0.781. The fourth-order valence-corrected chi connectivity index (χ4v) is 4.22. The second-order valence-corrected chi connectivity index (χ2v) is 7.41. The molecule has 0 spiro atoms. The van der Waals surface area contributed by atoms with E-state index in [2.05, 4.69) is 11.9 Å². The van der Waals surface area contributed by atoms with E-state index in [0.29, 0.717) is 5.02 Å². The molecule has 2 unspecified atom stereocenters. The van der Waals surface area contributed by atoms with E-state index in [1.165, 1.54) is 4.88 Å². The first-order valence-electron chi connectivity index (χ1n) is 5.89. The first-order chi connectivity index (χ1) is 9.10. The van der Waals surface area contributed by atoms with Crippen molar-refractivity contribution in [2.75, 3.05) is 0 Å². The molecule has 0 aliphatic rings. The molecule has 102 valence electrons. The molecule has 0 aliphatic carbocycles. The Labute approximate surface area is 131 Å². The van der Waals surface area contributed by atoms with Gasteiger partial charge >= 0.3 is 0 Å². The van der Waals surface area contributed by atoms with E-state index in [9.17, 15) is 0 Å². The van der Waals surface area contributed by atoms with Crippen LogP contribution in [-0.2, 0) is 0 Å². The van der Waals surface area contributed by atoms with Crippen molar-refractivity contribution in [1.82, 2.24) is 4.98 Å². The molecule has 0 bridgehead atoms. The van der Waals surface area contributed by atoms with Gasteiger partial charge in [-0.1, -0.05) is 41.9 Å². The zero-order valence-electron chi connectivity index (χ0n) is 10.3. The van der Waals surface area contributed by atoms with E-state index in [1.807, 2.05) is 24.3 Å². The summed E-state index contributed by atoms with van der Waals surface area (Å²) in [7, 11) is 0. The van der Waals surface area contributed by atoms with E-state index in [1.54, 1.807) is 29.3 Å². The highest BCUT2D eigenvalue weighted by Gasteiger charge is 2.22. The second kappa shape index (κ2) is 6.95. The van der Waals surface area contributed by atoms with Gasteiger partial charge in [0.25, 0.3) is 0 Å². The minimum Gasteiger partial charge on any atom is -0.326 e. The van der Waals surface area contributed by atoms with Gasteiger partial charge in [-0.05, 0) is 30.7 Å². The number of hydrogen-bond donors (Lipinski definition) is 1. The third-order valence-corrected chi connectivity index (χ3v) is 5.71. The summed E-state index contributed by atoms with van der Waals surface area (Å²) in [4.78, 5) is 5.50. The summed E-state index contributed by atoms with van der Waals surface area (Å²) in [5.74, 6) is 0. The number of pyridine rings is 1. The van der Waals surface area contributed by atoms with Gasteiger partial charge in [-0.15, -0.1) is 11.3 Å². The van der Waals surface area contributed by atoms with Crippen molar-refractivity contribution in [2.24, 2.45) is 5.73 Å². The Morgan fingerprint density at radius 1 is 1.32 bits per heavy atom. The van der Waals surface area contributed by atoms with Crippen molar-refractivity contribution in [3.05, 3.63) is 44.7 Å². The second-order valence-electron chi connectivity index (χ2n) is 4.07. The van der Waals surface area contributed by atoms with Crippen molar-refractivity contribution in [3.63, 3.8) is 0 Å². The lowest BCUT2D eigenvalue weighted by Gasteiger charge is -2.20. The highest BCUT2D eigenvalue weighted by molar-refractivity contribution is 7.99. The Balaban J connectivity index is 2.21. The number of halogens is 2. The average Bonchev–Trinajstić information content (AvgIpc) is 2.83. The van der Waals surface area contributed by atoms with Crippen molar-refractivity contribution in [2.45, 2.75) is 29.7 Å². The number of aromatic nitrogens is 1. The van der Waals surface area contributed by atoms with Crippen LogP contribution in [0, 0.1) is 0 Å². The van der Waals surface area contributed by atoms with Gasteiger partial charge in [0.15, 0.2) is 0 Å². The molecule has 0 amide bonds. The smallest absolute Gasteiger partial charge is 0.0967 e. The zero-order valence-corrected chi connectivity index (χ0v) is 13.5. The highest BCUT2D eigenvalue weighted by Crippen LogP contribution is 2.41. The van der Waals surface area contributed by atoms with Crippen LogP contribution >= 0.6 is 46.3 Å². The van der Waals surface area contributed by atoms with Gasteiger partial charge in [-0.3, -0.25) is 0 Å². The van der Waals surface area contributed by atoms with Gasteiger partial charge in [-0.2, -0.15) is 0 Å². The average molecular weight is 333 g/mol. The van der Waals surface area contributed by atoms with E-state index in [-0.39, 0.29) is 11.3 Å². The molecule has 2 atom stereocenters. The van der Waals surface area contributed by atoms with E-state index in [4.69, 9.17) is 28.9 Å². The number of hydrogen-bond acceptors (Lipinski definition) is 4. The molecule has 2 aromatic heterocycles. The third kappa shape index (κ3) is 4.10. The highest BCUT2D eigenvalue weighted by atomic mass is 35.5. The molecule has 0 aromatic carbocycles. The lowest BCUT2D eigenvalue weighted by Crippen LogP contribution is -2.25. The standard InChI is InChI=1S/C13H14Cl2N2S2/c1-2-9(16)13(10-4-5-11(15)18-10)19-12-6-3-8(14)7-17-12/h3-7,9,13H,2,16H2,1H3. The number of rotatable bonds is 5. The van der Waals surface area contributed by atoms with Crippen LogP contribution in [0.5, 0.6) is 0 Å². The minimum absolute atomic E-state index is 0.0668. The Hall–Kier alpha value is -0.260. The Morgan fingerprint density at radius 2 is 2.11 bits per heavy atom. The Morgan fingerprint density at radius 3 is 2.63 bits per heavy atom. The normalized spacial score (nSPS) is 14.3. The maximum atomic E-state index is 6.23. The van der Waals surface area contributed by atoms with Gasteiger partial charge in [0.1, 0.15) is 0 Å².